The number of oxime groups is 1. The van der Waals surface area contributed by atoms with Crippen LogP contribution in [0.15, 0.2) is 53.7 Å². The minimum atomic E-state index is -0.378. The van der Waals surface area contributed by atoms with Crippen LogP contribution in [0.5, 0.6) is 0 Å². The number of carbonyl (C=O) groups is 1. The summed E-state index contributed by atoms with van der Waals surface area (Å²) in [6, 6.07) is 11.7. The molecule has 0 aromatic heterocycles. The van der Waals surface area contributed by atoms with Crippen LogP contribution in [-0.4, -0.2) is 17.0 Å². The third-order valence-corrected chi connectivity index (χ3v) is 2.63. The van der Waals surface area contributed by atoms with Gasteiger partial charge in [-0.25, -0.2) is 4.39 Å². The van der Waals surface area contributed by atoms with E-state index in [4.69, 9.17) is 10.9 Å². The molecule has 0 fully saturated rings. The van der Waals surface area contributed by atoms with Crippen molar-refractivity contribution >= 4 is 17.4 Å². The van der Waals surface area contributed by atoms with Crippen LogP contribution in [-0.2, 0) is 0 Å². The van der Waals surface area contributed by atoms with Crippen LogP contribution < -0.4 is 11.1 Å². The number of hydrogen-bond acceptors (Lipinski definition) is 3. The molecule has 0 unspecified atom stereocenters. The van der Waals surface area contributed by atoms with Gasteiger partial charge in [-0.2, -0.15) is 0 Å². The summed E-state index contributed by atoms with van der Waals surface area (Å²) in [5, 5.41) is 14.1. The quantitative estimate of drug-likeness (QED) is 0.346. The van der Waals surface area contributed by atoms with Gasteiger partial charge in [0.15, 0.2) is 5.84 Å². The smallest absolute Gasteiger partial charge is 0.255 e. The van der Waals surface area contributed by atoms with Gasteiger partial charge in [-0.3, -0.25) is 4.79 Å². The number of nitrogens with zero attached hydrogens (tertiary/aromatic N) is 1. The maximum Gasteiger partial charge on any atom is 0.255 e. The fourth-order valence-corrected chi connectivity index (χ4v) is 1.61. The Morgan fingerprint density at radius 2 is 1.80 bits per heavy atom. The fraction of sp³-hybridized carbons (Fsp3) is 0. The molecule has 0 aliphatic carbocycles. The van der Waals surface area contributed by atoms with Crippen LogP contribution in [0.2, 0.25) is 0 Å². The van der Waals surface area contributed by atoms with Crippen molar-refractivity contribution in [2.45, 2.75) is 0 Å². The van der Waals surface area contributed by atoms with E-state index in [0.29, 0.717) is 16.8 Å². The SMILES string of the molecule is N/C(=N\O)c1cccc(C(=O)Nc2ccc(F)cc2)c1. The summed E-state index contributed by atoms with van der Waals surface area (Å²) in [5.74, 6) is -0.831. The van der Waals surface area contributed by atoms with Gasteiger partial charge in [-0.1, -0.05) is 17.3 Å². The van der Waals surface area contributed by atoms with Gasteiger partial charge in [0.2, 0.25) is 0 Å². The maximum atomic E-state index is 12.8. The lowest BCUT2D eigenvalue weighted by Crippen LogP contribution is -2.16. The van der Waals surface area contributed by atoms with Gasteiger partial charge in [-0.15, -0.1) is 0 Å². The van der Waals surface area contributed by atoms with Crippen molar-refractivity contribution < 1.29 is 14.4 Å². The van der Waals surface area contributed by atoms with Gasteiger partial charge < -0.3 is 16.3 Å². The summed E-state index contributed by atoms with van der Waals surface area (Å²) in [5.41, 5.74) is 6.71. The first-order valence-corrected chi connectivity index (χ1v) is 5.75. The molecule has 2 aromatic rings. The highest BCUT2D eigenvalue weighted by Gasteiger charge is 2.08. The third-order valence-electron chi connectivity index (χ3n) is 2.63. The number of nitrogens with two attached hydrogens (primary N) is 1. The van der Waals surface area contributed by atoms with Crippen molar-refractivity contribution in [1.29, 1.82) is 0 Å². The first kappa shape index (κ1) is 13.5. The third kappa shape index (κ3) is 3.11. The van der Waals surface area contributed by atoms with E-state index in [0.717, 1.165) is 0 Å². The number of anilines is 1. The molecular formula is C14H12FN3O2. The van der Waals surface area contributed by atoms with Crippen molar-refractivity contribution in [3.63, 3.8) is 0 Å². The van der Waals surface area contributed by atoms with Crippen molar-refractivity contribution in [2.24, 2.45) is 10.9 Å². The summed E-state index contributed by atoms with van der Waals surface area (Å²) in [4.78, 5) is 12.0. The zero-order chi connectivity index (χ0) is 14.5. The van der Waals surface area contributed by atoms with E-state index in [2.05, 4.69) is 10.5 Å². The van der Waals surface area contributed by atoms with E-state index in [9.17, 15) is 9.18 Å². The second-order valence-electron chi connectivity index (χ2n) is 4.03. The molecule has 1 amide bonds. The predicted molar refractivity (Wildman–Crippen MR) is 73.3 cm³/mol. The van der Waals surface area contributed by atoms with E-state index in [-0.39, 0.29) is 17.6 Å². The summed E-state index contributed by atoms with van der Waals surface area (Å²) in [6.07, 6.45) is 0. The maximum absolute atomic E-state index is 12.8. The highest BCUT2D eigenvalue weighted by Crippen LogP contribution is 2.11. The fourth-order valence-electron chi connectivity index (χ4n) is 1.61. The van der Waals surface area contributed by atoms with E-state index in [1.54, 1.807) is 18.2 Å². The number of benzene rings is 2. The summed E-state index contributed by atoms with van der Waals surface area (Å²) in [7, 11) is 0. The van der Waals surface area contributed by atoms with E-state index in [1.807, 2.05) is 0 Å². The molecule has 0 radical (unpaired) electrons. The van der Waals surface area contributed by atoms with Gasteiger partial charge in [-0.05, 0) is 36.4 Å². The average molecular weight is 273 g/mol. The summed E-state index contributed by atoms with van der Waals surface area (Å²) >= 11 is 0. The highest BCUT2D eigenvalue weighted by molar-refractivity contribution is 6.06. The number of hydrogen-bond donors (Lipinski definition) is 3. The Morgan fingerprint density at radius 3 is 2.45 bits per heavy atom. The number of rotatable bonds is 3. The lowest BCUT2D eigenvalue weighted by molar-refractivity contribution is 0.102. The largest absolute Gasteiger partial charge is 0.409 e. The van der Waals surface area contributed by atoms with E-state index in [1.165, 1.54) is 30.3 Å². The number of amidine groups is 1. The van der Waals surface area contributed by atoms with Crippen LogP contribution in [0.25, 0.3) is 0 Å². The van der Waals surface area contributed by atoms with Gasteiger partial charge in [0, 0.05) is 16.8 Å². The van der Waals surface area contributed by atoms with E-state index >= 15 is 0 Å². The normalized spacial score (nSPS) is 11.2. The monoisotopic (exact) mass is 273 g/mol. The molecule has 0 aliphatic rings. The Kier molecular flexibility index (Phi) is 3.95. The molecule has 0 bridgehead atoms. The number of amides is 1. The van der Waals surface area contributed by atoms with Crippen LogP contribution in [0, 0.1) is 5.82 Å². The average Bonchev–Trinajstić information content (AvgIpc) is 2.49. The highest BCUT2D eigenvalue weighted by atomic mass is 19.1. The molecule has 0 saturated heterocycles. The van der Waals surface area contributed by atoms with Crippen LogP contribution in [0.4, 0.5) is 10.1 Å². The molecule has 0 heterocycles. The first-order valence-electron chi connectivity index (χ1n) is 5.75. The van der Waals surface area contributed by atoms with Crippen molar-refractivity contribution in [3.05, 3.63) is 65.5 Å². The molecular weight excluding hydrogens is 261 g/mol. The van der Waals surface area contributed by atoms with Crippen LogP contribution in [0.3, 0.4) is 0 Å². The molecule has 5 nitrogen and oxygen atoms in total. The minimum absolute atomic E-state index is 0.0820. The molecule has 2 rings (SSSR count). The summed E-state index contributed by atoms with van der Waals surface area (Å²) < 4.78 is 12.8. The molecule has 0 spiro atoms. The van der Waals surface area contributed by atoms with Crippen molar-refractivity contribution in [2.75, 3.05) is 5.32 Å². The molecule has 20 heavy (non-hydrogen) atoms. The Bertz CT molecular complexity index is 654. The van der Waals surface area contributed by atoms with Gasteiger partial charge >= 0.3 is 0 Å². The Hall–Kier alpha value is -2.89. The Balaban J connectivity index is 2.19. The lowest BCUT2D eigenvalue weighted by atomic mass is 10.1. The number of carbonyl (C=O) groups excluding carboxylic acids is 1. The second-order valence-corrected chi connectivity index (χ2v) is 4.03. The summed E-state index contributed by atoms with van der Waals surface area (Å²) in [6.45, 7) is 0. The topological polar surface area (TPSA) is 87.7 Å². The zero-order valence-electron chi connectivity index (χ0n) is 10.4. The minimum Gasteiger partial charge on any atom is -0.409 e. The molecule has 0 aliphatic heterocycles. The standard InChI is InChI=1S/C14H12FN3O2/c15-11-4-6-12(7-5-11)17-14(19)10-3-1-2-9(8-10)13(16)18-20/h1-8,20H,(H2,16,18)(H,17,19). The van der Waals surface area contributed by atoms with Crippen LogP contribution in [0.1, 0.15) is 15.9 Å². The molecule has 102 valence electrons. The number of nitrogens with one attached hydrogen (secondary N) is 1. The molecule has 0 saturated carbocycles. The second kappa shape index (κ2) is 5.83. The molecule has 0 atom stereocenters. The predicted octanol–water partition coefficient (Wildman–Crippen LogP) is 2.17. The van der Waals surface area contributed by atoms with Crippen LogP contribution >= 0.6 is 0 Å². The first-order chi connectivity index (χ1) is 9.60. The molecule has 2 aromatic carbocycles. The lowest BCUT2D eigenvalue weighted by Gasteiger charge is -2.06. The van der Waals surface area contributed by atoms with Crippen molar-refractivity contribution in [1.82, 2.24) is 0 Å². The van der Waals surface area contributed by atoms with Gasteiger partial charge in [0.1, 0.15) is 5.82 Å². The number of halogens is 1. The van der Waals surface area contributed by atoms with E-state index < -0.39 is 0 Å². The van der Waals surface area contributed by atoms with Gasteiger partial charge in [0.25, 0.3) is 5.91 Å². The Morgan fingerprint density at radius 1 is 1.15 bits per heavy atom. The molecule has 4 N–H and O–H groups in total. The Labute approximate surface area is 114 Å². The van der Waals surface area contributed by atoms with Crippen molar-refractivity contribution in [3.8, 4) is 0 Å². The molecule has 6 heteroatoms. The zero-order valence-corrected chi connectivity index (χ0v) is 10.4. The van der Waals surface area contributed by atoms with Gasteiger partial charge in [0.05, 0.1) is 0 Å².